The maximum absolute atomic E-state index is 12.9. The second-order valence-corrected chi connectivity index (χ2v) is 11.2. The van der Waals surface area contributed by atoms with E-state index >= 15 is 0 Å². The molecular weight excluding hydrogens is 452 g/mol. The summed E-state index contributed by atoms with van der Waals surface area (Å²) >= 11 is 0. The molecular formula is C26H46N2O7. The number of oxime groups is 1. The average molecular weight is 499 g/mol. The summed E-state index contributed by atoms with van der Waals surface area (Å²) in [5.41, 5.74) is -2.53. The number of esters is 1. The van der Waals surface area contributed by atoms with Gasteiger partial charge in [0.1, 0.15) is 29.5 Å². The van der Waals surface area contributed by atoms with Crippen molar-refractivity contribution in [1.82, 2.24) is 5.32 Å². The zero-order valence-corrected chi connectivity index (χ0v) is 22.4. The monoisotopic (exact) mass is 498 g/mol. The number of ketones is 1. The van der Waals surface area contributed by atoms with Gasteiger partial charge in [0, 0.05) is 24.3 Å². The lowest BCUT2D eigenvalue weighted by Crippen LogP contribution is -2.56. The molecule has 0 aromatic heterocycles. The van der Waals surface area contributed by atoms with E-state index in [9.17, 15) is 24.9 Å². The molecule has 0 saturated carbocycles. The first-order valence-electron chi connectivity index (χ1n) is 13.0. The number of ether oxygens (including phenoxy) is 1. The fourth-order valence-electron chi connectivity index (χ4n) is 5.53. The van der Waals surface area contributed by atoms with Crippen LogP contribution in [0.4, 0.5) is 0 Å². The largest absolute Gasteiger partial charge is 0.459 e. The second-order valence-electron chi connectivity index (χ2n) is 11.2. The van der Waals surface area contributed by atoms with Crippen molar-refractivity contribution in [3.63, 3.8) is 0 Å². The van der Waals surface area contributed by atoms with Crippen molar-refractivity contribution in [2.75, 3.05) is 13.1 Å². The lowest BCUT2D eigenvalue weighted by molar-refractivity contribution is -0.186. The third-order valence-electron chi connectivity index (χ3n) is 7.64. The van der Waals surface area contributed by atoms with Crippen LogP contribution in [-0.4, -0.2) is 75.4 Å². The highest BCUT2D eigenvalue weighted by Gasteiger charge is 2.47. The van der Waals surface area contributed by atoms with Gasteiger partial charge in [0.05, 0.1) is 17.4 Å². The zero-order valence-electron chi connectivity index (χ0n) is 22.4. The van der Waals surface area contributed by atoms with Gasteiger partial charge in [-0.1, -0.05) is 32.9 Å². The van der Waals surface area contributed by atoms with Gasteiger partial charge in [-0.15, -0.1) is 0 Å². The van der Waals surface area contributed by atoms with Crippen molar-refractivity contribution in [1.29, 1.82) is 0 Å². The van der Waals surface area contributed by atoms with E-state index in [1.165, 1.54) is 13.8 Å². The molecule has 0 aliphatic carbocycles. The summed E-state index contributed by atoms with van der Waals surface area (Å²) in [5, 5.41) is 41.6. The Morgan fingerprint density at radius 1 is 1.11 bits per heavy atom. The van der Waals surface area contributed by atoms with E-state index in [-0.39, 0.29) is 37.1 Å². The minimum Gasteiger partial charge on any atom is -0.459 e. The van der Waals surface area contributed by atoms with Crippen LogP contribution in [-0.2, 0) is 19.2 Å². The Morgan fingerprint density at radius 3 is 2.31 bits per heavy atom. The van der Waals surface area contributed by atoms with E-state index in [4.69, 9.17) is 9.57 Å². The molecule has 0 amide bonds. The Morgan fingerprint density at radius 2 is 1.74 bits per heavy atom. The number of aliphatic hydroxyl groups excluding tert-OH is 1. The lowest BCUT2D eigenvalue weighted by Gasteiger charge is -2.40. The van der Waals surface area contributed by atoms with Gasteiger partial charge in [0.2, 0.25) is 0 Å². The zero-order chi connectivity index (χ0) is 26.6. The first-order valence-corrected chi connectivity index (χ1v) is 13.0. The van der Waals surface area contributed by atoms with E-state index in [0.29, 0.717) is 12.3 Å². The number of hydrogen-bond acceptors (Lipinski definition) is 9. The molecule has 35 heavy (non-hydrogen) atoms. The smallest absolute Gasteiger partial charge is 0.316 e. The van der Waals surface area contributed by atoms with Gasteiger partial charge in [-0.2, -0.15) is 0 Å². The Hall–Kier alpha value is -1.55. The highest BCUT2D eigenvalue weighted by atomic mass is 16.6. The molecule has 0 spiro atoms. The van der Waals surface area contributed by atoms with E-state index in [1.54, 1.807) is 27.7 Å². The molecule has 4 N–H and O–H groups in total. The first-order chi connectivity index (χ1) is 16.2. The number of aliphatic hydroxyl groups is 3. The molecule has 0 bridgehead atoms. The minimum atomic E-state index is -1.81. The molecule has 202 valence electrons. The highest BCUT2D eigenvalue weighted by molar-refractivity contribution is 5.99. The molecule has 2 saturated heterocycles. The number of piperidine rings is 1. The molecule has 2 fully saturated rings. The minimum absolute atomic E-state index is 0.106. The van der Waals surface area contributed by atoms with Crippen LogP contribution in [0.25, 0.3) is 0 Å². The summed E-state index contributed by atoms with van der Waals surface area (Å²) in [6.45, 7) is 13.3. The van der Waals surface area contributed by atoms with E-state index in [2.05, 4.69) is 10.5 Å². The second kappa shape index (κ2) is 12.1. The molecule has 0 radical (unpaired) electrons. The predicted molar refractivity (Wildman–Crippen MR) is 133 cm³/mol. The third kappa shape index (κ3) is 7.47. The van der Waals surface area contributed by atoms with Crippen LogP contribution in [0.1, 0.15) is 80.6 Å². The third-order valence-corrected chi connectivity index (χ3v) is 7.64. The summed E-state index contributed by atoms with van der Waals surface area (Å²) < 4.78 is 5.57. The van der Waals surface area contributed by atoms with Crippen LogP contribution < -0.4 is 5.32 Å². The van der Waals surface area contributed by atoms with Crippen molar-refractivity contribution in [3.8, 4) is 0 Å². The van der Waals surface area contributed by atoms with E-state index < -0.39 is 47.1 Å². The van der Waals surface area contributed by atoms with Crippen molar-refractivity contribution in [2.45, 2.75) is 110 Å². The Balaban J connectivity index is 2.47. The summed E-state index contributed by atoms with van der Waals surface area (Å²) in [6, 6.07) is 0. The normalized spacial score (nSPS) is 43.9. The first kappa shape index (κ1) is 29.7. The van der Waals surface area contributed by atoms with Crippen LogP contribution in [0.5, 0.6) is 0 Å². The van der Waals surface area contributed by atoms with Gasteiger partial charge in [-0.3, -0.25) is 9.59 Å². The SMILES string of the molecule is CC[C@H]1OC(=O)[C@H](C)C(=O)[C@H](C)C[C@](C)(O)C[C@@H](C)/C(=N\OC2CCCNC2)[C@H](C)[C@@H](O)[C@]1(C)O. The highest BCUT2D eigenvalue weighted by Crippen LogP contribution is 2.33. The predicted octanol–water partition coefficient (Wildman–Crippen LogP) is 2.20. The maximum Gasteiger partial charge on any atom is 0.316 e. The fraction of sp³-hybridized carbons (Fsp3) is 0.885. The van der Waals surface area contributed by atoms with Crippen molar-refractivity contribution < 1.29 is 34.5 Å². The maximum atomic E-state index is 12.9. The van der Waals surface area contributed by atoms with Crippen LogP contribution in [0.3, 0.4) is 0 Å². The number of hydrogen-bond donors (Lipinski definition) is 4. The summed E-state index contributed by atoms with van der Waals surface area (Å²) in [7, 11) is 0. The van der Waals surface area contributed by atoms with Crippen molar-refractivity contribution >= 4 is 17.5 Å². The summed E-state index contributed by atoms with van der Waals surface area (Å²) in [6.07, 6.45) is 0.0454. The summed E-state index contributed by atoms with van der Waals surface area (Å²) in [4.78, 5) is 31.6. The van der Waals surface area contributed by atoms with Gasteiger partial charge >= 0.3 is 5.97 Å². The molecule has 9 nitrogen and oxygen atoms in total. The Labute approximate surface area is 209 Å². The molecule has 0 aromatic rings. The van der Waals surface area contributed by atoms with Gasteiger partial charge in [-0.25, -0.2) is 0 Å². The molecule has 2 heterocycles. The molecule has 2 aliphatic rings. The molecule has 1 unspecified atom stereocenters. The number of Topliss-reactive ketones (excluding diaryl/α,β-unsaturated/α-hetero) is 1. The van der Waals surface area contributed by atoms with Gasteiger partial charge in [0.25, 0.3) is 0 Å². The summed E-state index contributed by atoms with van der Waals surface area (Å²) in [5.74, 6) is -3.66. The van der Waals surface area contributed by atoms with Gasteiger partial charge in [0.15, 0.2) is 0 Å². The molecule has 2 aliphatic heterocycles. The topological polar surface area (TPSA) is 138 Å². The fourth-order valence-corrected chi connectivity index (χ4v) is 5.53. The molecule has 9 heteroatoms. The molecule has 9 atom stereocenters. The lowest BCUT2D eigenvalue weighted by atomic mass is 9.75. The number of nitrogens with one attached hydrogen (secondary N) is 1. The van der Waals surface area contributed by atoms with Crippen LogP contribution in [0, 0.1) is 23.7 Å². The van der Waals surface area contributed by atoms with Crippen molar-refractivity contribution in [3.05, 3.63) is 0 Å². The van der Waals surface area contributed by atoms with Crippen molar-refractivity contribution in [2.24, 2.45) is 28.8 Å². The number of cyclic esters (lactones) is 1. The standard InChI is InChI=1S/C26H46N2O7/c1-8-20-26(7,33)23(30)17(4)21(28-35-19-10-9-11-27-14-19)15(2)12-25(6,32)13-16(3)22(29)18(5)24(31)34-20/h15-20,23,27,30,32-33H,8-14H2,1-7H3/b28-21+/t15-,16-,17+,18-,19?,20-,23-,25-,26-/m1/s1. The van der Waals surface area contributed by atoms with Crippen LogP contribution >= 0.6 is 0 Å². The van der Waals surface area contributed by atoms with Gasteiger partial charge < -0.3 is 30.2 Å². The van der Waals surface area contributed by atoms with Gasteiger partial charge in [-0.05, 0) is 59.4 Å². The number of carbonyl (C=O) groups excluding carboxylic acids is 2. The number of rotatable bonds is 3. The Bertz CT molecular complexity index is 761. The van der Waals surface area contributed by atoms with E-state index in [1.807, 2.05) is 6.92 Å². The number of nitrogens with zero attached hydrogens (tertiary/aromatic N) is 1. The van der Waals surface area contributed by atoms with Crippen LogP contribution in [0.15, 0.2) is 5.16 Å². The van der Waals surface area contributed by atoms with E-state index in [0.717, 1.165) is 19.4 Å². The number of carbonyl (C=O) groups is 2. The average Bonchev–Trinajstić information content (AvgIpc) is 2.79. The molecule has 2 rings (SSSR count). The molecule has 0 aromatic carbocycles. The Kier molecular flexibility index (Phi) is 10.3. The quantitative estimate of drug-likeness (QED) is 0.264. The van der Waals surface area contributed by atoms with Crippen LogP contribution in [0.2, 0.25) is 0 Å².